The van der Waals surface area contributed by atoms with Crippen molar-refractivity contribution in [3.8, 4) is 0 Å². The van der Waals surface area contributed by atoms with E-state index in [1.807, 2.05) is 19.1 Å². The maximum Gasteiger partial charge on any atom is 0.231 e. The van der Waals surface area contributed by atoms with E-state index < -0.39 is 15.8 Å². The molecule has 6 rings (SSSR count). The smallest absolute Gasteiger partial charge is 0.231 e. The van der Waals surface area contributed by atoms with E-state index in [0.29, 0.717) is 53.2 Å². The number of ketones is 1. The second kappa shape index (κ2) is 13.7. The zero-order chi connectivity index (χ0) is 32.3. The van der Waals surface area contributed by atoms with Crippen molar-refractivity contribution < 1.29 is 17.6 Å². The summed E-state index contributed by atoms with van der Waals surface area (Å²) in [5, 5.41) is 7.42. The highest BCUT2D eigenvalue weighted by atomic mass is 32.2. The number of nitrogens with one attached hydrogen (secondary N) is 4. The van der Waals surface area contributed by atoms with Crippen LogP contribution < -0.4 is 20.3 Å². The van der Waals surface area contributed by atoms with Gasteiger partial charge in [0.05, 0.1) is 16.7 Å². The Kier molecular flexibility index (Phi) is 9.52. The van der Waals surface area contributed by atoms with Gasteiger partial charge in [-0.25, -0.2) is 17.5 Å². The highest BCUT2D eigenvalue weighted by molar-refractivity contribution is 7.89. The molecule has 0 radical (unpaired) electrons. The molecule has 4 N–H and O–H groups in total. The third-order valence-electron chi connectivity index (χ3n) is 8.76. The van der Waals surface area contributed by atoms with E-state index in [1.165, 1.54) is 30.0 Å². The second-order valence-corrected chi connectivity index (χ2v) is 14.1. The Morgan fingerprint density at radius 1 is 0.957 bits per heavy atom. The van der Waals surface area contributed by atoms with E-state index in [9.17, 15) is 17.6 Å². The van der Waals surface area contributed by atoms with Crippen LogP contribution in [0.4, 0.5) is 27.5 Å². The fourth-order valence-corrected chi connectivity index (χ4v) is 7.61. The number of piperazine rings is 1. The number of aromatic nitrogens is 3. The predicted octanol–water partition coefficient (Wildman–Crippen LogP) is 4.88. The van der Waals surface area contributed by atoms with Gasteiger partial charge in [-0.3, -0.25) is 4.79 Å². The first-order valence-corrected chi connectivity index (χ1v) is 17.6. The van der Waals surface area contributed by atoms with Gasteiger partial charge in [0.25, 0.3) is 0 Å². The molecule has 0 atom stereocenters. The quantitative estimate of drug-likeness (QED) is 0.168. The van der Waals surface area contributed by atoms with Crippen LogP contribution in [-0.4, -0.2) is 85.1 Å². The summed E-state index contributed by atoms with van der Waals surface area (Å²) in [6.07, 6.45) is 5.02. The number of sulfonamides is 1. The van der Waals surface area contributed by atoms with E-state index >= 15 is 0 Å². The highest BCUT2D eigenvalue weighted by Crippen LogP contribution is 2.32. The SMILES string of the molecule is CCCS(=O)(=O)NC1CCC(Nc2nc(Nc3ccc(N4CCN(C)CC4)cc3)nc3[nH]cc(C(=O)c4ccc(F)cc4)c23)CC1. The molecule has 1 aliphatic carbocycles. The van der Waals surface area contributed by atoms with Crippen LogP contribution in [-0.2, 0) is 10.0 Å². The molecule has 2 fully saturated rings. The number of halogens is 1. The van der Waals surface area contributed by atoms with Crippen molar-refractivity contribution in [2.45, 2.75) is 51.1 Å². The van der Waals surface area contributed by atoms with Crippen LogP contribution in [0.1, 0.15) is 54.9 Å². The zero-order valence-electron chi connectivity index (χ0n) is 26.2. The molecule has 0 bridgehead atoms. The van der Waals surface area contributed by atoms with Crippen LogP contribution in [0.5, 0.6) is 0 Å². The number of likely N-dealkylation sites (N-methyl/N-ethyl adjacent to an activating group) is 1. The molecule has 1 saturated heterocycles. The molecule has 11 nitrogen and oxygen atoms in total. The van der Waals surface area contributed by atoms with Gasteiger partial charge in [-0.1, -0.05) is 6.92 Å². The maximum absolute atomic E-state index is 13.6. The van der Waals surface area contributed by atoms with Gasteiger partial charge in [0, 0.05) is 61.4 Å². The molecule has 3 heterocycles. The van der Waals surface area contributed by atoms with Crippen LogP contribution in [0, 0.1) is 5.82 Å². The number of anilines is 4. The van der Waals surface area contributed by atoms with E-state index in [1.54, 1.807) is 6.20 Å². The third-order valence-corrected chi connectivity index (χ3v) is 10.4. The lowest BCUT2D eigenvalue weighted by Gasteiger charge is -2.34. The van der Waals surface area contributed by atoms with Crippen molar-refractivity contribution >= 4 is 50.0 Å². The summed E-state index contributed by atoms with van der Waals surface area (Å²) in [6, 6.07) is 13.6. The van der Waals surface area contributed by atoms with E-state index in [-0.39, 0.29) is 23.6 Å². The first-order valence-electron chi connectivity index (χ1n) is 15.9. The number of carbonyl (C=O) groups is 1. The Bertz CT molecular complexity index is 1760. The van der Waals surface area contributed by atoms with Crippen LogP contribution in [0.15, 0.2) is 54.7 Å². The lowest BCUT2D eigenvalue weighted by Crippen LogP contribution is -2.44. The minimum Gasteiger partial charge on any atom is -0.369 e. The fourth-order valence-electron chi connectivity index (χ4n) is 6.21. The van der Waals surface area contributed by atoms with Gasteiger partial charge < -0.3 is 25.4 Å². The minimum atomic E-state index is -3.29. The topological polar surface area (TPSA) is 135 Å². The fraction of sp³-hybridized carbons (Fsp3) is 0.424. The highest BCUT2D eigenvalue weighted by Gasteiger charge is 2.27. The van der Waals surface area contributed by atoms with Gasteiger partial charge in [0.2, 0.25) is 16.0 Å². The number of aromatic amines is 1. The molecule has 0 spiro atoms. The molecular formula is C33H41FN8O3S. The van der Waals surface area contributed by atoms with E-state index in [0.717, 1.165) is 44.7 Å². The number of carbonyl (C=O) groups excluding carboxylic acids is 1. The van der Waals surface area contributed by atoms with Crippen molar-refractivity contribution in [3.63, 3.8) is 0 Å². The summed E-state index contributed by atoms with van der Waals surface area (Å²) in [5.41, 5.74) is 3.22. The van der Waals surface area contributed by atoms with Gasteiger partial charge in [-0.05, 0) is 87.7 Å². The average Bonchev–Trinajstić information content (AvgIpc) is 3.47. The molecule has 1 saturated carbocycles. The molecule has 2 aromatic heterocycles. The van der Waals surface area contributed by atoms with Gasteiger partial charge in [-0.2, -0.15) is 9.97 Å². The number of fused-ring (bicyclic) bond motifs is 1. The molecule has 2 aromatic carbocycles. The van der Waals surface area contributed by atoms with Crippen LogP contribution in [0.2, 0.25) is 0 Å². The van der Waals surface area contributed by atoms with Crippen molar-refractivity contribution in [1.82, 2.24) is 24.6 Å². The van der Waals surface area contributed by atoms with Crippen LogP contribution >= 0.6 is 0 Å². The summed E-state index contributed by atoms with van der Waals surface area (Å²) in [6.45, 7) is 5.88. The monoisotopic (exact) mass is 648 g/mol. The van der Waals surface area contributed by atoms with Gasteiger partial charge in [0.15, 0.2) is 5.78 Å². The van der Waals surface area contributed by atoms with E-state index in [4.69, 9.17) is 9.97 Å². The lowest BCUT2D eigenvalue weighted by atomic mass is 9.91. The number of benzene rings is 2. The molecule has 4 aromatic rings. The van der Waals surface area contributed by atoms with Crippen molar-refractivity contribution in [3.05, 3.63) is 71.7 Å². The standard InChI is InChI=1S/C33H41FN8O3S/c1-3-20-46(44,45)40-26-10-8-24(9-11-26)36-32-29-28(30(43)22-4-6-23(34)7-5-22)21-35-31(29)38-33(39-32)37-25-12-14-27(15-13-25)42-18-16-41(2)17-19-42/h4-7,12-15,21,24,26,40H,3,8-11,16-20H2,1-2H3,(H3,35,36,37,38,39). The van der Waals surface area contributed by atoms with Gasteiger partial charge >= 0.3 is 0 Å². The predicted molar refractivity (Wildman–Crippen MR) is 180 cm³/mol. The summed E-state index contributed by atoms with van der Waals surface area (Å²) in [7, 11) is -1.15. The Morgan fingerprint density at radius 3 is 2.30 bits per heavy atom. The molecular weight excluding hydrogens is 607 g/mol. The summed E-state index contributed by atoms with van der Waals surface area (Å²) in [5.74, 6) is 0.305. The summed E-state index contributed by atoms with van der Waals surface area (Å²) < 4.78 is 41.1. The Balaban J connectivity index is 1.25. The van der Waals surface area contributed by atoms with Crippen LogP contribution in [0.3, 0.4) is 0 Å². The first kappa shape index (κ1) is 31.9. The van der Waals surface area contributed by atoms with Crippen molar-refractivity contribution in [1.29, 1.82) is 0 Å². The lowest BCUT2D eigenvalue weighted by molar-refractivity contribution is 0.104. The summed E-state index contributed by atoms with van der Waals surface area (Å²) in [4.78, 5) is 30.9. The molecule has 0 amide bonds. The summed E-state index contributed by atoms with van der Waals surface area (Å²) >= 11 is 0. The number of hydrogen-bond acceptors (Lipinski definition) is 9. The first-order chi connectivity index (χ1) is 22.2. The Morgan fingerprint density at radius 2 is 1.63 bits per heavy atom. The van der Waals surface area contributed by atoms with Crippen molar-refractivity contribution in [2.24, 2.45) is 0 Å². The largest absolute Gasteiger partial charge is 0.369 e. The molecule has 13 heteroatoms. The molecule has 244 valence electrons. The zero-order valence-corrected chi connectivity index (χ0v) is 27.0. The maximum atomic E-state index is 13.6. The van der Waals surface area contributed by atoms with E-state index in [2.05, 4.69) is 49.3 Å². The van der Waals surface area contributed by atoms with Gasteiger partial charge in [-0.15, -0.1) is 0 Å². The third kappa shape index (κ3) is 7.48. The van der Waals surface area contributed by atoms with Gasteiger partial charge in [0.1, 0.15) is 17.3 Å². The number of nitrogens with zero attached hydrogens (tertiary/aromatic N) is 4. The molecule has 46 heavy (non-hydrogen) atoms. The number of hydrogen-bond donors (Lipinski definition) is 4. The molecule has 0 unspecified atom stereocenters. The Labute approximate surface area is 269 Å². The molecule has 2 aliphatic rings. The Hall–Kier alpha value is -4.07. The molecule has 1 aliphatic heterocycles. The number of rotatable bonds is 11. The minimum absolute atomic E-state index is 0.0180. The number of H-pyrrole nitrogens is 1. The van der Waals surface area contributed by atoms with Crippen molar-refractivity contribution in [2.75, 3.05) is 54.5 Å². The van der Waals surface area contributed by atoms with Crippen LogP contribution in [0.25, 0.3) is 11.0 Å². The second-order valence-electron chi connectivity index (χ2n) is 12.2. The normalized spacial score (nSPS) is 19.3. The average molecular weight is 649 g/mol.